The maximum Gasteiger partial charge on any atom is 0.224 e. The van der Waals surface area contributed by atoms with E-state index in [-0.39, 0.29) is 5.91 Å². The van der Waals surface area contributed by atoms with Crippen LogP contribution in [0.5, 0.6) is 0 Å². The van der Waals surface area contributed by atoms with Crippen LogP contribution < -0.4 is 10.6 Å². The van der Waals surface area contributed by atoms with Gasteiger partial charge in [0.25, 0.3) is 0 Å². The van der Waals surface area contributed by atoms with Gasteiger partial charge >= 0.3 is 0 Å². The Morgan fingerprint density at radius 1 is 1.50 bits per heavy atom. The first kappa shape index (κ1) is 15.0. The third-order valence-corrected chi connectivity index (χ3v) is 3.63. The fraction of sp³-hybridized carbons (Fsp3) is 0.562. The molecule has 0 spiro atoms. The van der Waals surface area contributed by atoms with Gasteiger partial charge in [0.15, 0.2) is 0 Å². The van der Waals surface area contributed by atoms with Gasteiger partial charge in [-0.05, 0) is 44.5 Å². The molecule has 0 bridgehead atoms. The molecule has 0 unspecified atom stereocenters. The second-order valence-electron chi connectivity index (χ2n) is 5.68. The molecular weight excluding hydrogens is 250 g/mol. The number of amides is 1. The average molecular weight is 275 g/mol. The van der Waals surface area contributed by atoms with Crippen LogP contribution in [0.15, 0.2) is 24.3 Å². The van der Waals surface area contributed by atoms with Gasteiger partial charge in [0, 0.05) is 37.8 Å². The third kappa shape index (κ3) is 4.94. The summed E-state index contributed by atoms with van der Waals surface area (Å²) in [6, 6.07) is 8.48. The Morgan fingerprint density at radius 2 is 2.35 bits per heavy atom. The zero-order chi connectivity index (χ0) is 14.4. The average Bonchev–Trinajstić information content (AvgIpc) is 2.38. The van der Waals surface area contributed by atoms with Gasteiger partial charge in [0.05, 0.1) is 0 Å². The highest BCUT2D eigenvalue weighted by atomic mass is 16.1. The minimum Gasteiger partial charge on any atom is -0.326 e. The molecule has 1 fully saturated rings. The van der Waals surface area contributed by atoms with Crippen LogP contribution in [0.4, 0.5) is 5.69 Å². The highest BCUT2D eigenvalue weighted by molar-refractivity contribution is 5.90. The van der Waals surface area contributed by atoms with Crippen LogP contribution >= 0.6 is 0 Å². The second-order valence-corrected chi connectivity index (χ2v) is 5.68. The zero-order valence-corrected chi connectivity index (χ0v) is 12.5. The number of nitrogens with zero attached hydrogens (tertiary/aromatic N) is 1. The van der Waals surface area contributed by atoms with E-state index in [1.54, 1.807) is 0 Å². The van der Waals surface area contributed by atoms with E-state index in [4.69, 9.17) is 0 Å². The SMILES string of the molecule is Cc1cccc(NC(=O)CCCN2CCN[C@@H](C)C2)c1. The van der Waals surface area contributed by atoms with Gasteiger partial charge in [-0.1, -0.05) is 12.1 Å². The number of carbonyl (C=O) groups is 1. The van der Waals surface area contributed by atoms with Crippen LogP contribution in [0.3, 0.4) is 0 Å². The molecule has 2 rings (SSSR count). The number of anilines is 1. The van der Waals surface area contributed by atoms with Crippen molar-refractivity contribution < 1.29 is 4.79 Å². The third-order valence-electron chi connectivity index (χ3n) is 3.63. The summed E-state index contributed by atoms with van der Waals surface area (Å²) in [6.45, 7) is 8.46. The summed E-state index contributed by atoms with van der Waals surface area (Å²) in [5.41, 5.74) is 2.06. The van der Waals surface area contributed by atoms with E-state index in [0.29, 0.717) is 12.5 Å². The Morgan fingerprint density at radius 3 is 3.10 bits per heavy atom. The molecule has 110 valence electrons. The Hall–Kier alpha value is -1.39. The maximum absolute atomic E-state index is 11.9. The van der Waals surface area contributed by atoms with Crippen molar-refractivity contribution in [1.29, 1.82) is 0 Å². The summed E-state index contributed by atoms with van der Waals surface area (Å²) >= 11 is 0. The molecule has 4 heteroatoms. The quantitative estimate of drug-likeness (QED) is 0.864. The van der Waals surface area contributed by atoms with Gasteiger partial charge in [-0.2, -0.15) is 0 Å². The molecule has 1 aromatic carbocycles. The van der Waals surface area contributed by atoms with E-state index in [1.165, 1.54) is 0 Å². The first-order chi connectivity index (χ1) is 9.63. The topological polar surface area (TPSA) is 44.4 Å². The normalized spacial score (nSPS) is 19.8. The molecule has 0 aromatic heterocycles. The first-order valence-corrected chi connectivity index (χ1v) is 7.46. The Kier molecular flexibility index (Phi) is 5.56. The molecule has 1 saturated heterocycles. The number of aryl methyl sites for hydroxylation is 1. The van der Waals surface area contributed by atoms with E-state index < -0.39 is 0 Å². The summed E-state index contributed by atoms with van der Waals surface area (Å²) in [6.07, 6.45) is 1.51. The standard InChI is InChI=1S/C16H25N3O/c1-13-5-3-6-15(11-13)18-16(20)7-4-9-19-10-8-17-14(2)12-19/h3,5-6,11,14,17H,4,7-10,12H2,1-2H3,(H,18,20)/t14-/m0/s1. The van der Waals surface area contributed by atoms with Crippen molar-refractivity contribution in [2.75, 3.05) is 31.5 Å². The predicted molar refractivity (Wildman–Crippen MR) is 82.9 cm³/mol. The van der Waals surface area contributed by atoms with Gasteiger partial charge in [-0.25, -0.2) is 0 Å². The molecule has 4 nitrogen and oxygen atoms in total. The van der Waals surface area contributed by atoms with Crippen molar-refractivity contribution in [3.8, 4) is 0 Å². The molecule has 0 saturated carbocycles. The van der Waals surface area contributed by atoms with Gasteiger partial charge in [0.2, 0.25) is 5.91 Å². The lowest BCUT2D eigenvalue weighted by Gasteiger charge is -2.31. The number of hydrogen-bond acceptors (Lipinski definition) is 3. The van der Waals surface area contributed by atoms with E-state index in [1.807, 2.05) is 31.2 Å². The van der Waals surface area contributed by atoms with Crippen molar-refractivity contribution >= 4 is 11.6 Å². The Balaban J connectivity index is 1.67. The largest absolute Gasteiger partial charge is 0.326 e. The number of benzene rings is 1. The lowest BCUT2D eigenvalue weighted by Crippen LogP contribution is -2.49. The molecule has 0 aliphatic carbocycles. The van der Waals surface area contributed by atoms with Crippen LogP contribution in [0.25, 0.3) is 0 Å². The molecule has 1 amide bonds. The van der Waals surface area contributed by atoms with E-state index >= 15 is 0 Å². The Labute approximate surface area is 121 Å². The zero-order valence-electron chi connectivity index (χ0n) is 12.5. The summed E-state index contributed by atoms with van der Waals surface area (Å²) in [5, 5.41) is 6.39. The van der Waals surface area contributed by atoms with E-state index in [2.05, 4.69) is 22.5 Å². The van der Waals surface area contributed by atoms with Gasteiger partial charge in [-0.3, -0.25) is 4.79 Å². The minimum absolute atomic E-state index is 0.110. The van der Waals surface area contributed by atoms with E-state index in [9.17, 15) is 4.79 Å². The number of hydrogen-bond donors (Lipinski definition) is 2. The number of piperazine rings is 1. The molecule has 2 N–H and O–H groups in total. The maximum atomic E-state index is 11.9. The van der Waals surface area contributed by atoms with Crippen molar-refractivity contribution in [1.82, 2.24) is 10.2 Å². The summed E-state index contributed by atoms with van der Waals surface area (Å²) in [4.78, 5) is 14.3. The summed E-state index contributed by atoms with van der Waals surface area (Å²) in [7, 11) is 0. The van der Waals surface area contributed by atoms with Gasteiger partial charge in [-0.15, -0.1) is 0 Å². The fourth-order valence-corrected chi connectivity index (χ4v) is 2.62. The molecule has 1 aliphatic rings. The van der Waals surface area contributed by atoms with Crippen LogP contribution in [0.1, 0.15) is 25.3 Å². The van der Waals surface area contributed by atoms with Gasteiger partial charge < -0.3 is 15.5 Å². The monoisotopic (exact) mass is 275 g/mol. The van der Waals surface area contributed by atoms with Crippen molar-refractivity contribution in [2.24, 2.45) is 0 Å². The molecule has 1 aromatic rings. The lowest BCUT2D eigenvalue weighted by molar-refractivity contribution is -0.116. The molecule has 20 heavy (non-hydrogen) atoms. The molecule has 1 aliphatic heterocycles. The molecular formula is C16H25N3O. The van der Waals surface area contributed by atoms with Crippen molar-refractivity contribution in [3.05, 3.63) is 29.8 Å². The molecule has 1 heterocycles. The second kappa shape index (κ2) is 7.41. The number of carbonyl (C=O) groups excluding carboxylic acids is 1. The Bertz CT molecular complexity index is 447. The highest BCUT2D eigenvalue weighted by Crippen LogP contribution is 2.10. The van der Waals surface area contributed by atoms with Crippen LogP contribution in [-0.4, -0.2) is 43.0 Å². The van der Waals surface area contributed by atoms with Crippen LogP contribution in [-0.2, 0) is 4.79 Å². The summed E-state index contributed by atoms with van der Waals surface area (Å²) < 4.78 is 0. The van der Waals surface area contributed by atoms with Gasteiger partial charge in [0.1, 0.15) is 0 Å². The van der Waals surface area contributed by atoms with E-state index in [0.717, 1.165) is 43.9 Å². The molecule has 1 atom stereocenters. The fourth-order valence-electron chi connectivity index (χ4n) is 2.62. The van der Waals surface area contributed by atoms with Crippen molar-refractivity contribution in [3.63, 3.8) is 0 Å². The lowest BCUT2D eigenvalue weighted by atomic mass is 10.2. The molecule has 0 radical (unpaired) electrons. The summed E-state index contributed by atoms with van der Waals surface area (Å²) in [5.74, 6) is 0.110. The minimum atomic E-state index is 0.110. The van der Waals surface area contributed by atoms with Crippen LogP contribution in [0.2, 0.25) is 0 Å². The smallest absolute Gasteiger partial charge is 0.224 e. The van der Waals surface area contributed by atoms with Crippen LogP contribution in [0, 0.1) is 6.92 Å². The highest BCUT2D eigenvalue weighted by Gasteiger charge is 2.15. The number of nitrogens with one attached hydrogen (secondary N) is 2. The first-order valence-electron chi connectivity index (χ1n) is 7.46. The number of rotatable bonds is 5. The van der Waals surface area contributed by atoms with Crippen molar-refractivity contribution in [2.45, 2.75) is 32.7 Å². The predicted octanol–water partition coefficient (Wildman–Crippen LogP) is 2.01.